The number of nitrogens with zero attached hydrogens (tertiary/aromatic N) is 1. The Morgan fingerprint density at radius 2 is 1.86 bits per heavy atom. The topological polar surface area (TPSA) is 99.8 Å². The Bertz CT molecular complexity index is 1170. The smallest absolute Gasteiger partial charge is 0.338 e. The number of hydrogen-bond donors (Lipinski definition) is 3. The summed E-state index contributed by atoms with van der Waals surface area (Å²) in [7, 11) is 0. The number of halogens is 2. The molecule has 1 unspecified atom stereocenters. The second-order valence-electron chi connectivity index (χ2n) is 8.32. The van der Waals surface area contributed by atoms with Crippen molar-refractivity contribution in [3.63, 3.8) is 0 Å². The molecule has 2 aromatic rings. The maximum atomic E-state index is 13.4. The maximum absolute atomic E-state index is 13.4. The molecule has 1 atom stereocenters. The molecular formula is C25H28ClFN4O4. The lowest BCUT2D eigenvalue weighted by molar-refractivity contribution is -0.143. The zero-order valence-electron chi connectivity index (χ0n) is 19.9. The van der Waals surface area contributed by atoms with E-state index in [1.807, 2.05) is 6.92 Å². The van der Waals surface area contributed by atoms with Crippen molar-refractivity contribution >= 4 is 41.0 Å². The second-order valence-corrected chi connectivity index (χ2v) is 8.73. The van der Waals surface area contributed by atoms with E-state index in [1.54, 1.807) is 45.0 Å². The van der Waals surface area contributed by atoms with Gasteiger partial charge in [-0.2, -0.15) is 0 Å². The molecule has 3 rings (SSSR count). The highest BCUT2D eigenvalue weighted by atomic mass is 35.5. The lowest BCUT2D eigenvalue weighted by Gasteiger charge is -2.35. The standard InChI is InChI=1S/C25H28ClFN4O4/c1-5-11-31-15(4)21(23(32)35-14(2)3)22(30-25(31)34)16-7-6-8-17(12-16)28-24(33)29-18-9-10-20(27)19(26)13-18/h6-10,12-14,22H,5,11H2,1-4H3,(H,30,34)(H2,28,29,33). The van der Waals surface area contributed by atoms with E-state index in [9.17, 15) is 18.8 Å². The molecule has 0 fully saturated rings. The molecular weight excluding hydrogens is 475 g/mol. The molecule has 3 N–H and O–H groups in total. The molecule has 35 heavy (non-hydrogen) atoms. The van der Waals surface area contributed by atoms with Crippen LogP contribution in [0.3, 0.4) is 0 Å². The molecule has 0 bridgehead atoms. The first-order valence-electron chi connectivity index (χ1n) is 11.2. The number of urea groups is 2. The van der Waals surface area contributed by atoms with Crippen molar-refractivity contribution in [3.8, 4) is 0 Å². The van der Waals surface area contributed by atoms with Crippen LogP contribution in [-0.4, -0.2) is 35.6 Å². The van der Waals surface area contributed by atoms with Crippen molar-refractivity contribution in [2.24, 2.45) is 0 Å². The average Bonchev–Trinajstić information content (AvgIpc) is 2.78. The summed E-state index contributed by atoms with van der Waals surface area (Å²) in [5.41, 5.74) is 2.18. The molecule has 0 radical (unpaired) electrons. The molecule has 0 spiro atoms. The second kappa shape index (κ2) is 11.2. The quantitative estimate of drug-likeness (QED) is 0.415. The number of amides is 4. The van der Waals surface area contributed by atoms with E-state index in [0.717, 1.165) is 12.5 Å². The van der Waals surface area contributed by atoms with Crippen LogP contribution in [0.1, 0.15) is 45.7 Å². The molecule has 186 valence electrons. The fourth-order valence-electron chi connectivity index (χ4n) is 3.73. The highest BCUT2D eigenvalue weighted by Crippen LogP contribution is 2.33. The van der Waals surface area contributed by atoms with Gasteiger partial charge in [0.2, 0.25) is 0 Å². The van der Waals surface area contributed by atoms with Crippen LogP contribution in [0.2, 0.25) is 5.02 Å². The third-order valence-corrected chi connectivity index (χ3v) is 5.55. The molecule has 1 aliphatic heterocycles. The highest BCUT2D eigenvalue weighted by Gasteiger charge is 2.36. The number of hydrogen-bond acceptors (Lipinski definition) is 4. The van der Waals surface area contributed by atoms with E-state index in [0.29, 0.717) is 34.8 Å². The number of ether oxygens (including phenoxy) is 1. The van der Waals surface area contributed by atoms with Crippen molar-refractivity contribution < 1.29 is 23.5 Å². The van der Waals surface area contributed by atoms with Crippen LogP contribution in [0.15, 0.2) is 53.7 Å². The number of carbonyl (C=O) groups excluding carboxylic acids is 3. The molecule has 1 aliphatic rings. The minimum atomic E-state index is -0.762. The number of anilines is 2. The minimum Gasteiger partial charge on any atom is -0.459 e. The zero-order valence-corrected chi connectivity index (χ0v) is 20.7. The number of nitrogens with one attached hydrogen (secondary N) is 3. The summed E-state index contributed by atoms with van der Waals surface area (Å²) in [6.45, 7) is 7.63. The Morgan fingerprint density at radius 1 is 1.17 bits per heavy atom. The van der Waals surface area contributed by atoms with E-state index in [-0.39, 0.29) is 17.2 Å². The first-order valence-corrected chi connectivity index (χ1v) is 11.6. The number of esters is 1. The van der Waals surface area contributed by atoms with Gasteiger partial charge in [-0.15, -0.1) is 0 Å². The predicted molar refractivity (Wildman–Crippen MR) is 133 cm³/mol. The van der Waals surface area contributed by atoms with Gasteiger partial charge in [0, 0.05) is 23.6 Å². The van der Waals surface area contributed by atoms with E-state index in [1.165, 1.54) is 17.0 Å². The number of carbonyl (C=O) groups is 3. The van der Waals surface area contributed by atoms with Crippen molar-refractivity contribution in [1.29, 1.82) is 0 Å². The third-order valence-electron chi connectivity index (χ3n) is 5.26. The fourth-order valence-corrected chi connectivity index (χ4v) is 3.91. The SMILES string of the molecule is CCCN1C(=O)NC(c2cccc(NC(=O)Nc3ccc(F)c(Cl)c3)c2)C(C(=O)OC(C)C)=C1C. The van der Waals surface area contributed by atoms with Gasteiger partial charge < -0.3 is 20.7 Å². The monoisotopic (exact) mass is 502 g/mol. The van der Waals surface area contributed by atoms with Crippen LogP contribution in [0.5, 0.6) is 0 Å². The van der Waals surface area contributed by atoms with Crippen LogP contribution in [0.4, 0.5) is 25.4 Å². The lowest BCUT2D eigenvalue weighted by atomic mass is 9.94. The Labute approximate surface area is 208 Å². The summed E-state index contributed by atoms with van der Waals surface area (Å²) in [6, 6.07) is 8.96. The largest absolute Gasteiger partial charge is 0.459 e. The van der Waals surface area contributed by atoms with Gasteiger partial charge in [0.05, 0.1) is 22.7 Å². The zero-order chi connectivity index (χ0) is 25.7. The van der Waals surface area contributed by atoms with Crippen LogP contribution in [-0.2, 0) is 9.53 Å². The molecule has 2 aromatic carbocycles. The normalized spacial score (nSPS) is 15.7. The Hall–Kier alpha value is -3.59. The van der Waals surface area contributed by atoms with Gasteiger partial charge >= 0.3 is 18.0 Å². The molecule has 0 saturated carbocycles. The summed E-state index contributed by atoms with van der Waals surface area (Å²) in [5.74, 6) is -1.11. The van der Waals surface area contributed by atoms with Gasteiger partial charge in [-0.25, -0.2) is 18.8 Å². The van der Waals surface area contributed by atoms with Gasteiger partial charge in [0.1, 0.15) is 5.82 Å². The first-order chi connectivity index (χ1) is 16.6. The molecule has 1 heterocycles. The van der Waals surface area contributed by atoms with Crippen molar-refractivity contribution in [2.45, 2.75) is 46.3 Å². The summed E-state index contributed by atoms with van der Waals surface area (Å²) in [5, 5.41) is 8.04. The van der Waals surface area contributed by atoms with Gasteiger partial charge in [-0.1, -0.05) is 30.7 Å². The molecule has 0 saturated heterocycles. The lowest BCUT2D eigenvalue weighted by Crippen LogP contribution is -2.48. The fraction of sp³-hybridized carbons (Fsp3) is 0.320. The van der Waals surface area contributed by atoms with E-state index in [4.69, 9.17) is 16.3 Å². The van der Waals surface area contributed by atoms with Crippen LogP contribution >= 0.6 is 11.6 Å². The Balaban J connectivity index is 1.87. The van der Waals surface area contributed by atoms with Crippen molar-refractivity contribution in [2.75, 3.05) is 17.2 Å². The van der Waals surface area contributed by atoms with Crippen LogP contribution < -0.4 is 16.0 Å². The summed E-state index contributed by atoms with van der Waals surface area (Å²) < 4.78 is 18.8. The van der Waals surface area contributed by atoms with Gasteiger partial charge in [0.25, 0.3) is 0 Å². The van der Waals surface area contributed by atoms with Crippen molar-refractivity contribution in [1.82, 2.24) is 10.2 Å². The van der Waals surface area contributed by atoms with Crippen molar-refractivity contribution in [3.05, 3.63) is 70.1 Å². The summed E-state index contributed by atoms with van der Waals surface area (Å²) in [4.78, 5) is 39.8. The number of allylic oxidation sites excluding steroid dienone is 1. The Morgan fingerprint density at radius 3 is 2.49 bits per heavy atom. The highest BCUT2D eigenvalue weighted by molar-refractivity contribution is 6.31. The van der Waals surface area contributed by atoms with Gasteiger partial charge in [-0.3, -0.25) is 4.90 Å². The molecule has 10 heteroatoms. The molecule has 0 aliphatic carbocycles. The van der Waals surface area contributed by atoms with Crippen LogP contribution in [0.25, 0.3) is 0 Å². The molecule has 0 aromatic heterocycles. The molecule has 8 nitrogen and oxygen atoms in total. The average molecular weight is 503 g/mol. The summed E-state index contributed by atoms with van der Waals surface area (Å²) >= 11 is 5.76. The van der Waals surface area contributed by atoms with E-state index >= 15 is 0 Å². The van der Waals surface area contributed by atoms with E-state index in [2.05, 4.69) is 16.0 Å². The minimum absolute atomic E-state index is 0.113. The number of benzene rings is 2. The Kier molecular flexibility index (Phi) is 8.34. The van der Waals surface area contributed by atoms with E-state index < -0.39 is 23.9 Å². The first kappa shape index (κ1) is 26.0. The third kappa shape index (κ3) is 6.30. The van der Waals surface area contributed by atoms with Gasteiger partial charge in [-0.05, 0) is 63.1 Å². The summed E-state index contributed by atoms with van der Waals surface area (Å²) in [6.07, 6.45) is 0.382. The van der Waals surface area contributed by atoms with Crippen LogP contribution in [0, 0.1) is 5.82 Å². The van der Waals surface area contributed by atoms with Gasteiger partial charge in [0.15, 0.2) is 0 Å². The number of rotatable bonds is 7. The maximum Gasteiger partial charge on any atom is 0.338 e. The predicted octanol–water partition coefficient (Wildman–Crippen LogP) is 5.83. The molecule has 4 amide bonds.